The lowest BCUT2D eigenvalue weighted by molar-refractivity contribution is -0.384. The summed E-state index contributed by atoms with van der Waals surface area (Å²) in [6, 6.07) is 13.7. The van der Waals surface area contributed by atoms with E-state index in [1.54, 1.807) is 10.5 Å². The van der Waals surface area contributed by atoms with Crippen molar-refractivity contribution >= 4 is 34.2 Å². The summed E-state index contributed by atoms with van der Waals surface area (Å²) in [7, 11) is 0. The first-order valence-corrected chi connectivity index (χ1v) is 7.59. The Hall–Kier alpha value is -4.01. The molecule has 0 aliphatic rings. The van der Waals surface area contributed by atoms with Gasteiger partial charge >= 0.3 is 0 Å². The SMILES string of the molecule is O=C(Nc1cc(=O)[nH]c2nc3ccccc3n12)c1ccc([N+](=O)[O-])cc1. The highest BCUT2D eigenvalue weighted by atomic mass is 16.6. The molecule has 128 valence electrons. The first kappa shape index (κ1) is 15.5. The number of aromatic amines is 1. The number of amides is 1. The van der Waals surface area contributed by atoms with Gasteiger partial charge in [0.1, 0.15) is 5.82 Å². The molecule has 26 heavy (non-hydrogen) atoms. The van der Waals surface area contributed by atoms with E-state index in [2.05, 4.69) is 15.3 Å². The number of carbonyl (C=O) groups is 1. The average Bonchev–Trinajstić information content (AvgIpc) is 2.99. The van der Waals surface area contributed by atoms with E-state index in [1.807, 2.05) is 18.2 Å². The van der Waals surface area contributed by atoms with E-state index in [9.17, 15) is 19.7 Å². The fourth-order valence-corrected chi connectivity index (χ4v) is 2.70. The molecule has 0 atom stereocenters. The van der Waals surface area contributed by atoms with Crippen LogP contribution in [0.3, 0.4) is 0 Å². The van der Waals surface area contributed by atoms with Crippen LogP contribution in [0.1, 0.15) is 10.4 Å². The fourth-order valence-electron chi connectivity index (χ4n) is 2.70. The lowest BCUT2D eigenvalue weighted by Gasteiger charge is -2.08. The predicted octanol–water partition coefficient (Wildman–Crippen LogP) is 2.34. The van der Waals surface area contributed by atoms with Crippen molar-refractivity contribution in [2.24, 2.45) is 0 Å². The maximum Gasteiger partial charge on any atom is 0.269 e. The molecule has 0 unspecified atom stereocenters. The van der Waals surface area contributed by atoms with E-state index in [1.165, 1.54) is 30.3 Å². The van der Waals surface area contributed by atoms with E-state index in [0.717, 1.165) is 5.52 Å². The maximum atomic E-state index is 12.5. The number of imidazole rings is 1. The van der Waals surface area contributed by atoms with Crippen molar-refractivity contribution in [1.29, 1.82) is 0 Å². The number of fused-ring (bicyclic) bond motifs is 3. The topological polar surface area (TPSA) is 122 Å². The zero-order valence-corrected chi connectivity index (χ0v) is 13.2. The van der Waals surface area contributed by atoms with E-state index in [0.29, 0.717) is 11.3 Å². The number of nitrogens with one attached hydrogen (secondary N) is 2. The molecule has 0 saturated heterocycles. The molecule has 0 radical (unpaired) electrons. The number of H-pyrrole nitrogens is 1. The molecular formula is C17H11N5O4. The maximum absolute atomic E-state index is 12.5. The minimum atomic E-state index is -0.542. The smallest absolute Gasteiger partial charge is 0.269 e. The van der Waals surface area contributed by atoms with Crippen LogP contribution in [0.4, 0.5) is 11.5 Å². The van der Waals surface area contributed by atoms with Crippen LogP contribution >= 0.6 is 0 Å². The molecule has 9 heteroatoms. The van der Waals surface area contributed by atoms with Crippen molar-refractivity contribution in [2.75, 3.05) is 5.32 Å². The molecule has 0 saturated carbocycles. The van der Waals surface area contributed by atoms with E-state index in [4.69, 9.17) is 0 Å². The Bertz CT molecular complexity index is 1220. The van der Waals surface area contributed by atoms with E-state index >= 15 is 0 Å². The third-order valence-electron chi connectivity index (χ3n) is 3.89. The number of hydrogen-bond donors (Lipinski definition) is 2. The standard InChI is InChI=1S/C17H11N5O4/c23-15-9-14(19-16(24)10-5-7-11(8-6-10)22(25)26)21-13-4-2-1-3-12(13)18-17(21)20-15/h1-9H,(H,19,24)(H,18,20,23). The van der Waals surface area contributed by atoms with Crippen molar-refractivity contribution in [2.45, 2.75) is 0 Å². The second-order valence-corrected chi connectivity index (χ2v) is 5.54. The Labute approximate surface area is 145 Å². The van der Waals surface area contributed by atoms with Gasteiger partial charge in [-0.25, -0.2) is 4.98 Å². The zero-order chi connectivity index (χ0) is 18.3. The molecular weight excluding hydrogens is 338 g/mol. The van der Waals surface area contributed by atoms with Crippen LogP contribution in [0, 0.1) is 10.1 Å². The number of nitrogens with zero attached hydrogens (tertiary/aromatic N) is 3. The van der Waals surface area contributed by atoms with Gasteiger partial charge in [-0.1, -0.05) is 12.1 Å². The molecule has 0 bridgehead atoms. The van der Waals surface area contributed by atoms with Gasteiger partial charge in [0.2, 0.25) is 5.78 Å². The number of benzene rings is 2. The second kappa shape index (κ2) is 5.81. The molecule has 0 aliphatic heterocycles. The third kappa shape index (κ3) is 2.57. The minimum absolute atomic E-state index is 0.110. The fraction of sp³-hybridized carbons (Fsp3) is 0. The van der Waals surface area contributed by atoms with Gasteiger partial charge in [-0.15, -0.1) is 0 Å². The lowest BCUT2D eigenvalue weighted by atomic mass is 10.2. The number of nitro groups is 1. The molecule has 0 spiro atoms. The highest BCUT2D eigenvalue weighted by Crippen LogP contribution is 2.19. The summed E-state index contributed by atoms with van der Waals surface area (Å²) >= 11 is 0. The summed E-state index contributed by atoms with van der Waals surface area (Å²) in [6.45, 7) is 0. The Morgan fingerprint density at radius 3 is 2.62 bits per heavy atom. The number of para-hydroxylation sites is 2. The molecule has 2 N–H and O–H groups in total. The van der Waals surface area contributed by atoms with Crippen LogP contribution < -0.4 is 10.9 Å². The highest BCUT2D eigenvalue weighted by molar-refractivity contribution is 6.04. The largest absolute Gasteiger partial charge is 0.307 e. The quantitative estimate of drug-likeness (QED) is 0.434. The minimum Gasteiger partial charge on any atom is -0.307 e. The summed E-state index contributed by atoms with van der Waals surface area (Å²) in [5.74, 6) is 0.0584. The first-order valence-electron chi connectivity index (χ1n) is 7.59. The van der Waals surface area contributed by atoms with Gasteiger partial charge in [0.25, 0.3) is 17.2 Å². The molecule has 2 aromatic carbocycles. The van der Waals surface area contributed by atoms with Gasteiger partial charge in [0.15, 0.2) is 0 Å². The Kier molecular flexibility index (Phi) is 3.47. The van der Waals surface area contributed by atoms with Gasteiger partial charge < -0.3 is 5.32 Å². The van der Waals surface area contributed by atoms with Gasteiger partial charge in [0, 0.05) is 23.8 Å². The van der Waals surface area contributed by atoms with Gasteiger partial charge in [0.05, 0.1) is 16.0 Å². The molecule has 0 fully saturated rings. The van der Waals surface area contributed by atoms with Crippen molar-refractivity contribution in [3.05, 3.63) is 80.6 Å². The van der Waals surface area contributed by atoms with Crippen molar-refractivity contribution in [3.63, 3.8) is 0 Å². The van der Waals surface area contributed by atoms with Crippen LogP contribution in [-0.4, -0.2) is 25.2 Å². The number of aromatic nitrogens is 3. The Morgan fingerprint density at radius 2 is 1.88 bits per heavy atom. The third-order valence-corrected chi connectivity index (χ3v) is 3.89. The summed E-state index contributed by atoms with van der Waals surface area (Å²) in [5, 5.41) is 13.4. The normalized spacial score (nSPS) is 10.9. The second-order valence-electron chi connectivity index (χ2n) is 5.54. The summed E-state index contributed by atoms with van der Waals surface area (Å²) in [5.41, 5.74) is 1.10. The van der Waals surface area contributed by atoms with E-state index < -0.39 is 16.4 Å². The van der Waals surface area contributed by atoms with Crippen LogP contribution in [-0.2, 0) is 0 Å². The molecule has 1 amide bonds. The van der Waals surface area contributed by atoms with Crippen molar-refractivity contribution < 1.29 is 9.72 Å². The number of non-ortho nitro benzene ring substituents is 1. The zero-order valence-electron chi connectivity index (χ0n) is 13.2. The van der Waals surface area contributed by atoms with Crippen LogP contribution in [0.2, 0.25) is 0 Å². The molecule has 4 aromatic rings. The van der Waals surface area contributed by atoms with Crippen LogP contribution in [0.25, 0.3) is 16.8 Å². The molecule has 0 aliphatic carbocycles. The highest BCUT2D eigenvalue weighted by Gasteiger charge is 2.14. The summed E-state index contributed by atoms with van der Waals surface area (Å²) < 4.78 is 1.63. The number of nitro benzene ring substituents is 1. The number of anilines is 1. The average molecular weight is 349 g/mol. The monoisotopic (exact) mass is 349 g/mol. The molecule has 2 heterocycles. The molecule has 4 rings (SSSR count). The van der Waals surface area contributed by atoms with Gasteiger partial charge in [-0.3, -0.25) is 29.1 Å². The van der Waals surface area contributed by atoms with Crippen molar-refractivity contribution in [1.82, 2.24) is 14.4 Å². The van der Waals surface area contributed by atoms with Crippen LogP contribution in [0.5, 0.6) is 0 Å². The predicted molar refractivity (Wildman–Crippen MR) is 94.4 cm³/mol. The lowest BCUT2D eigenvalue weighted by Crippen LogP contribution is -2.18. The molecule has 9 nitrogen and oxygen atoms in total. The number of rotatable bonds is 3. The first-order chi connectivity index (χ1) is 12.5. The van der Waals surface area contributed by atoms with Crippen molar-refractivity contribution in [3.8, 4) is 0 Å². The Morgan fingerprint density at radius 1 is 1.15 bits per heavy atom. The summed E-state index contributed by atoms with van der Waals surface area (Å²) in [6.07, 6.45) is 0. The summed E-state index contributed by atoms with van der Waals surface area (Å²) in [4.78, 5) is 41.5. The number of hydrogen-bond acceptors (Lipinski definition) is 5. The van der Waals surface area contributed by atoms with Crippen LogP contribution in [0.15, 0.2) is 59.4 Å². The van der Waals surface area contributed by atoms with Gasteiger partial charge in [-0.05, 0) is 24.3 Å². The molecule has 2 aromatic heterocycles. The van der Waals surface area contributed by atoms with Gasteiger partial charge in [-0.2, -0.15) is 0 Å². The Balaban J connectivity index is 1.78. The van der Waals surface area contributed by atoms with E-state index in [-0.39, 0.29) is 17.1 Å². The number of carbonyl (C=O) groups excluding carboxylic acids is 1.